The maximum absolute atomic E-state index is 12.4. The Balaban J connectivity index is 1.70. The lowest BCUT2D eigenvalue weighted by Crippen LogP contribution is -2.41. The van der Waals surface area contributed by atoms with Gasteiger partial charge in [-0.2, -0.15) is 0 Å². The number of rotatable bonds is 3. The van der Waals surface area contributed by atoms with Crippen molar-refractivity contribution in [2.75, 3.05) is 6.26 Å². The van der Waals surface area contributed by atoms with Gasteiger partial charge in [0.2, 0.25) is 0 Å². The molecule has 0 saturated heterocycles. The largest absolute Gasteiger partial charge is 0.279 e. The standard InChI is InChI=1S/C19H21ClN2O4S2/c1-28(25,26)13-8-9-15(20)14(11-13)18(23)21-22-19(24)17-10-12-6-4-2-3-5-7-16(12)27-17/h8-11H,2-7H2,1H3,(H,21,23)(H,22,24). The molecule has 150 valence electrons. The molecule has 0 bridgehead atoms. The van der Waals surface area contributed by atoms with Gasteiger partial charge in [0.05, 0.1) is 20.4 Å². The van der Waals surface area contributed by atoms with Crippen LogP contribution in [0, 0.1) is 0 Å². The van der Waals surface area contributed by atoms with Crippen molar-refractivity contribution in [2.24, 2.45) is 0 Å². The highest BCUT2D eigenvalue weighted by atomic mass is 35.5. The second-order valence-electron chi connectivity index (χ2n) is 6.80. The Labute approximate surface area is 173 Å². The zero-order valence-electron chi connectivity index (χ0n) is 15.4. The fourth-order valence-corrected chi connectivity index (χ4v) is 5.11. The molecule has 0 unspecified atom stereocenters. The van der Waals surface area contributed by atoms with Crippen molar-refractivity contribution in [3.05, 3.63) is 50.2 Å². The van der Waals surface area contributed by atoms with Gasteiger partial charge >= 0.3 is 0 Å². The number of thiophene rings is 1. The van der Waals surface area contributed by atoms with Crippen LogP contribution >= 0.6 is 22.9 Å². The molecule has 1 aromatic carbocycles. The molecule has 3 rings (SSSR count). The Morgan fingerprint density at radius 3 is 2.39 bits per heavy atom. The minimum atomic E-state index is -3.48. The zero-order chi connectivity index (χ0) is 20.3. The van der Waals surface area contributed by atoms with Gasteiger partial charge in [0, 0.05) is 11.1 Å². The Kier molecular flexibility index (Phi) is 6.42. The Morgan fingerprint density at radius 2 is 1.68 bits per heavy atom. The van der Waals surface area contributed by atoms with E-state index >= 15 is 0 Å². The van der Waals surface area contributed by atoms with Crippen LogP contribution in [0.4, 0.5) is 0 Å². The van der Waals surface area contributed by atoms with Crippen LogP contribution in [0.5, 0.6) is 0 Å². The van der Waals surface area contributed by atoms with E-state index < -0.39 is 21.7 Å². The number of benzene rings is 1. The highest BCUT2D eigenvalue weighted by molar-refractivity contribution is 7.90. The van der Waals surface area contributed by atoms with Crippen LogP contribution in [0.2, 0.25) is 5.02 Å². The van der Waals surface area contributed by atoms with Crippen LogP contribution in [0.1, 0.15) is 56.2 Å². The summed E-state index contributed by atoms with van der Waals surface area (Å²) in [4.78, 5) is 26.6. The van der Waals surface area contributed by atoms with Gasteiger partial charge in [0.25, 0.3) is 11.8 Å². The molecule has 0 saturated carbocycles. The van der Waals surface area contributed by atoms with Crippen LogP contribution < -0.4 is 10.9 Å². The number of halogens is 1. The van der Waals surface area contributed by atoms with E-state index in [0.717, 1.165) is 31.9 Å². The topological polar surface area (TPSA) is 92.3 Å². The number of hydrogen-bond acceptors (Lipinski definition) is 5. The maximum atomic E-state index is 12.4. The average Bonchev–Trinajstić information content (AvgIpc) is 3.01. The lowest BCUT2D eigenvalue weighted by Gasteiger charge is -2.09. The first kappa shape index (κ1) is 20.8. The quantitative estimate of drug-likeness (QED) is 0.714. The van der Waals surface area contributed by atoms with Crippen molar-refractivity contribution in [1.82, 2.24) is 10.9 Å². The van der Waals surface area contributed by atoms with Gasteiger partial charge in [0.1, 0.15) is 0 Å². The molecule has 2 aromatic rings. The first-order chi connectivity index (χ1) is 13.3. The molecule has 0 aliphatic heterocycles. The first-order valence-electron chi connectivity index (χ1n) is 8.97. The number of hydrogen-bond donors (Lipinski definition) is 2. The van der Waals surface area contributed by atoms with Crippen LogP contribution in [-0.2, 0) is 22.7 Å². The summed E-state index contributed by atoms with van der Waals surface area (Å²) in [5.74, 6) is -1.08. The average molecular weight is 441 g/mol. The molecular formula is C19H21ClN2O4S2. The summed E-state index contributed by atoms with van der Waals surface area (Å²) in [7, 11) is -3.48. The molecule has 6 nitrogen and oxygen atoms in total. The second-order valence-corrected chi connectivity index (χ2v) is 10.4. The van der Waals surface area contributed by atoms with E-state index in [1.54, 1.807) is 0 Å². The number of carbonyl (C=O) groups excluding carboxylic acids is 2. The van der Waals surface area contributed by atoms with E-state index in [2.05, 4.69) is 10.9 Å². The third-order valence-corrected chi connectivity index (χ3v) is 7.30. The highest BCUT2D eigenvalue weighted by Gasteiger charge is 2.19. The number of nitrogens with one attached hydrogen (secondary N) is 2. The van der Waals surface area contributed by atoms with Crippen LogP contribution in [-0.4, -0.2) is 26.5 Å². The number of amides is 2. The van der Waals surface area contributed by atoms with Gasteiger partial charge < -0.3 is 0 Å². The minimum absolute atomic E-state index is 0.0218. The van der Waals surface area contributed by atoms with E-state index in [1.807, 2.05) is 6.07 Å². The smallest absolute Gasteiger partial charge is 0.267 e. The molecule has 2 N–H and O–H groups in total. The molecule has 2 amide bonds. The second kappa shape index (κ2) is 8.63. The third kappa shape index (κ3) is 4.92. The summed E-state index contributed by atoms with van der Waals surface area (Å²) in [5, 5.41) is 0.0956. The molecule has 0 atom stereocenters. The van der Waals surface area contributed by atoms with Gasteiger partial charge in [-0.15, -0.1) is 11.3 Å². The Bertz CT molecular complexity index is 989. The summed E-state index contributed by atoms with van der Waals surface area (Å²) >= 11 is 7.46. The monoisotopic (exact) mass is 440 g/mol. The van der Waals surface area contributed by atoms with E-state index in [1.165, 1.54) is 52.8 Å². The molecule has 1 heterocycles. The van der Waals surface area contributed by atoms with Crippen LogP contribution in [0.25, 0.3) is 0 Å². The van der Waals surface area contributed by atoms with Gasteiger partial charge in [-0.25, -0.2) is 8.42 Å². The van der Waals surface area contributed by atoms with E-state index in [4.69, 9.17) is 11.6 Å². The summed E-state index contributed by atoms with van der Waals surface area (Å²) in [6.45, 7) is 0. The minimum Gasteiger partial charge on any atom is -0.267 e. The lowest BCUT2D eigenvalue weighted by atomic mass is 10.00. The molecular weight excluding hydrogens is 420 g/mol. The van der Waals surface area contributed by atoms with E-state index in [0.29, 0.717) is 4.88 Å². The van der Waals surface area contributed by atoms with Crippen molar-refractivity contribution in [2.45, 2.75) is 43.4 Å². The van der Waals surface area contributed by atoms with Crippen LogP contribution in [0.3, 0.4) is 0 Å². The molecule has 0 spiro atoms. The molecule has 1 aliphatic carbocycles. The van der Waals surface area contributed by atoms with Crippen molar-refractivity contribution >= 4 is 44.6 Å². The lowest BCUT2D eigenvalue weighted by molar-refractivity contribution is 0.0849. The molecule has 1 aromatic heterocycles. The summed E-state index contributed by atoms with van der Waals surface area (Å²) in [5.41, 5.74) is 5.89. The van der Waals surface area contributed by atoms with Gasteiger partial charge in [-0.05, 0) is 55.5 Å². The molecule has 0 radical (unpaired) electrons. The molecule has 28 heavy (non-hydrogen) atoms. The summed E-state index contributed by atoms with van der Waals surface area (Å²) < 4.78 is 23.3. The number of aryl methyl sites for hydroxylation is 2. The number of sulfone groups is 1. The SMILES string of the molecule is CS(=O)(=O)c1ccc(Cl)c(C(=O)NNC(=O)c2cc3c(s2)CCCCCC3)c1. The van der Waals surface area contributed by atoms with Gasteiger partial charge in [0.15, 0.2) is 9.84 Å². The number of carbonyl (C=O) groups is 2. The molecule has 1 aliphatic rings. The summed E-state index contributed by atoms with van der Waals surface area (Å²) in [6, 6.07) is 5.75. The van der Waals surface area contributed by atoms with Gasteiger partial charge in [-0.3, -0.25) is 20.4 Å². The summed E-state index contributed by atoms with van der Waals surface area (Å²) in [6.07, 6.45) is 7.66. The third-order valence-electron chi connectivity index (χ3n) is 4.62. The number of fused-ring (bicyclic) bond motifs is 1. The Hall–Kier alpha value is -1.90. The fourth-order valence-electron chi connectivity index (χ4n) is 3.11. The highest BCUT2D eigenvalue weighted by Crippen LogP contribution is 2.28. The Morgan fingerprint density at radius 1 is 1.00 bits per heavy atom. The zero-order valence-corrected chi connectivity index (χ0v) is 17.8. The maximum Gasteiger partial charge on any atom is 0.279 e. The normalized spacial score (nSPS) is 14.5. The van der Waals surface area contributed by atoms with Crippen molar-refractivity contribution < 1.29 is 18.0 Å². The fraction of sp³-hybridized carbons (Fsp3) is 0.368. The number of hydrazine groups is 1. The molecule has 0 fully saturated rings. The predicted octanol–water partition coefficient (Wildman–Crippen LogP) is 3.54. The first-order valence-corrected chi connectivity index (χ1v) is 12.1. The predicted molar refractivity (Wildman–Crippen MR) is 110 cm³/mol. The van der Waals surface area contributed by atoms with Crippen molar-refractivity contribution in [3.8, 4) is 0 Å². The van der Waals surface area contributed by atoms with E-state index in [-0.39, 0.29) is 15.5 Å². The van der Waals surface area contributed by atoms with E-state index in [9.17, 15) is 18.0 Å². The molecule has 9 heteroatoms. The van der Waals surface area contributed by atoms with Crippen molar-refractivity contribution in [3.63, 3.8) is 0 Å². The van der Waals surface area contributed by atoms with Crippen molar-refractivity contribution in [1.29, 1.82) is 0 Å². The van der Waals surface area contributed by atoms with Gasteiger partial charge in [-0.1, -0.05) is 24.4 Å². The van der Waals surface area contributed by atoms with Crippen LogP contribution in [0.15, 0.2) is 29.2 Å².